The Kier molecular flexibility index (Phi) is 4.50. The molecule has 0 atom stereocenters. The van der Waals surface area contributed by atoms with E-state index >= 15 is 0 Å². The lowest BCUT2D eigenvalue weighted by Gasteiger charge is -2.14. The van der Waals surface area contributed by atoms with Crippen molar-refractivity contribution in [2.24, 2.45) is 0 Å². The van der Waals surface area contributed by atoms with Gasteiger partial charge < -0.3 is 9.47 Å². The summed E-state index contributed by atoms with van der Waals surface area (Å²) in [5.74, 6) is -0.684. The van der Waals surface area contributed by atoms with E-state index in [2.05, 4.69) is 4.72 Å². The van der Waals surface area contributed by atoms with Gasteiger partial charge in [-0.25, -0.2) is 12.8 Å². The lowest BCUT2D eigenvalue weighted by Crippen LogP contribution is -2.15. The van der Waals surface area contributed by atoms with E-state index in [1.54, 1.807) is 24.3 Å². The Bertz CT molecular complexity index is 1030. The lowest BCUT2D eigenvalue weighted by molar-refractivity contribution is 0.350. The van der Waals surface area contributed by atoms with Crippen molar-refractivity contribution < 1.29 is 22.3 Å². The first-order valence-electron chi connectivity index (χ1n) is 7.38. The van der Waals surface area contributed by atoms with Gasteiger partial charge in [0.25, 0.3) is 10.0 Å². The molecule has 0 aliphatic heterocycles. The molecule has 0 radical (unpaired) electrons. The van der Waals surface area contributed by atoms with Crippen molar-refractivity contribution >= 4 is 26.5 Å². The second-order valence-corrected chi connectivity index (χ2v) is 6.92. The molecule has 0 aromatic heterocycles. The molecular formula is C18H16FNO4S. The van der Waals surface area contributed by atoms with E-state index in [1.807, 2.05) is 18.2 Å². The largest absolute Gasteiger partial charge is 0.493 e. The fraction of sp³-hybridized carbons (Fsp3) is 0.111. The molecule has 5 nitrogen and oxygen atoms in total. The Morgan fingerprint density at radius 3 is 2.28 bits per heavy atom. The van der Waals surface area contributed by atoms with Crippen LogP contribution in [0.4, 0.5) is 10.1 Å². The zero-order valence-corrected chi connectivity index (χ0v) is 14.4. The normalized spacial score (nSPS) is 11.3. The van der Waals surface area contributed by atoms with Crippen LogP contribution in [-0.2, 0) is 10.0 Å². The average molecular weight is 361 g/mol. The van der Waals surface area contributed by atoms with Crippen LogP contribution in [0.2, 0.25) is 0 Å². The molecule has 0 aliphatic carbocycles. The van der Waals surface area contributed by atoms with Crippen molar-refractivity contribution in [3.8, 4) is 11.5 Å². The summed E-state index contributed by atoms with van der Waals surface area (Å²) < 4.78 is 52.2. The molecule has 0 aliphatic rings. The number of ether oxygens (including phenoxy) is 2. The second-order valence-electron chi connectivity index (χ2n) is 5.27. The Morgan fingerprint density at radius 2 is 1.56 bits per heavy atom. The summed E-state index contributed by atoms with van der Waals surface area (Å²) in [5.41, 5.74) is 0.368. The van der Waals surface area contributed by atoms with E-state index in [-0.39, 0.29) is 11.5 Å². The maximum absolute atomic E-state index is 14.3. The van der Waals surface area contributed by atoms with E-state index in [1.165, 1.54) is 14.2 Å². The number of hydrogen-bond donors (Lipinski definition) is 1. The number of nitrogens with one attached hydrogen (secondary N) is 1. The number of methoxy groups -OCH3 is 2. The standard InChI is InChI=1S/C18H16FNO4S/c1-23-16-10-14(19)18(11-17(16)24-2)25(21,22)20-15-9-5-7-12-6-3-4-8-13(12)15/h3-11,20H,1-2H3. The molecular weight excluding hydrogens is 345 g/mol. The van der Waals surface area contributed by atoms with Crippen molar-refractivity contribution in [3.05, 3.63) is 60.4 Å². The zero-order chi connectivity index (χ0) is 18.0. The molecule has 1 N–H and O–H groups in total. The highest BCUT2D eigenvalue weighted by molar-refractivity contribution is 7.92. The smallest absolute Gasteiger partial charge is 0.264 e. The lowest BCUT2D eigenvalue weighted by atomic mass is 10.1. The molecule has 3 aromatic carbocycles. The Hall–Kier alpha value is -2.80. The summed E-state index contributed by atoms with van der Waals surface area (Å²) in [4.78, 5) is -0.516. The van der Waals surface area contributed by atoms with Crippen molar-refractivity contribution in [2.75, 3.05) is 18.9 Å². The number of halogens is 1. The molecule has 7 heteroatoms. The number of anilines is 1. The van der Waals surface area contributed by atoms with Gasteiger partial charge in [0, 0.05) is 17.5 Å². The van der Waals surface area contributed by atoms with Gasteiger partial charge in [-0.3, -0.25) is 4.72 Å². The monoisotopic (exact) mass is 361 g/mol. The van der Waals surface area contributed by atoms with Gasteiger partial charge in [-0.2, -0.15) is 0 Å². The highest BCUT2D eigenvalue weighted by Crippen LogP contribution is 2.33. The van der Waals surface area contributed by atoms with Gasteiger partial charge in [-0.15, -0.1) is 0 Å². The molecule has 0 heterocycles. The summed E-state index contributed by atoms with van der Waals surface area (Å²) >= 11 is 0. The highest BCUT2D eigenvalue weighted by Gasteiger charge is 2.23. The number of rotatable bonds is 5. The third-order valence-corrected chi connectivity index (χ3v) is 5.14. The van der Waals surface area contributed by atoms with Crippen molar-refractivity contribution in [3.63, 3.8) is 0 Å². The summed E-state index contributed by atoms with van der Waals surface area (Å²) in [5, 5.41) is 1.59. The Labute approximate surface area is 145 Å². The van der Waals surface area contributed by atoms with Crippen LogP contribution in [0.5, 0.6) is 11.5 Å². The van der Waals surface area contributed by atoms with Crippen molar-refractivity contribution in [1.29, 1.82) is 0 Å². The molecule has 0 saturated carbocycles. The van der Waals surface area contributed by atoms with E-state index in [9.17, 15) is 12.8 Å². The molecule has 0 bridgehead atoms. The molecule has 130 valence electrons. The van der Waals surface area contributed by atoms with E-state index in [4.69, 9.17) is 9.47 Å². The first kappa shape index (κ1) is 17.0. The summed E-state index contributed by atoms with van der Waals surface area (Å²) in [7, 11) is -1.46. The summed E-state index contributed by atoms with van der Waals surface area (Å²) in [6.07, 6.45) is 0. The van der Waals surface area contributed by atoms with Gasteiger partial charge in [0.1, 0.15) is 10.7 Å². The van der Waals surface area contributed by atoms with Crippen LogP contribution in [0, 0.1) is 5.82 Å². The zero-order valence-electron chi connectivity index (χ0n) is 13.6. The summed E-state index contributed by atoms with van der Waals surface area (Å²) in [6.45, 7) is 0. The average Bonchev–Trinajstić information content (AvgIpc) is 2.61. The van der Waals surface area contributed by atoms with Crippen LogP contribution in [0.25, 0.3) is 10.8 Å². The fourth-order valence-corrected chi connectivity index (χ4v) is 3.71. The third-order valence-electron chi connectivity index (χ3n) is 3.76. The first-order valence-corrected chi connectivity index (χ1v) is 8.86. The van der Waals surface area contributed by atoms with E-state index < -0.39 is 20.7 Å². The van der Waals surface area contributed by atoms with Gasteiger partial charge in [0.15, 0.2) is 11.5 Å². The van der Waals surface area contributed by atoms with Crippen LogP contribution >= 0.6 is 0 Å². The summed E-state index contributed by atoms with van der Waals surface area (Å²) in [6, 6.07) is 14.6. The number of fused-ring (bicyclic) bond motifs is 1. The van der Waals surface area contributed by atoms with Crippen molar-refractivity contribution in [1.82, 2.24) is 0 Å². The van der Waals surface area contributed by atoms with Gasteiger partial charge in [0.2, 0.25) is 0 Å². The predicted molar refractivity (Wildman–Crippen MR) is 94.3 cm³/mol. The third kappa shape index (κ3) is 3.23. The molecule has 25 heavy (non-hydrogen) atoms. The van der Waals surface area contributed by atoms with Gasteiger partial charge in [-0.05, 0) is 11.5 Å². The van der Waals surface area contributed by atoms with Crippen molar-refractivity contribution in [2.45, 2.75) is 4.90 Å². The predicted octanol–water partition coefficient (Wildman–Crippen LogP) is 3.80. The molecule has 0 saturated heterocycles. The number of benzene rings is 3. The fourth-order valence-electron chi connectivity index (χ4n) is 2.56. The minimum atomic E-state index is -4.15. The van der Waals surface area contributed by atoms with Crippen LogP contribution in [0.1, 0.15) is 0 Å². The van der Waals surface area contributed by atoms with Gasteiger partial charge >= 0.3 is 0 Å². The van der Waals surface area contributed by atoms with E-state index in [0.29, 0.717) is 5.69 Å². The molecule has 3 rings (SSSR count). The molecule has 0 spiro atoms. The molecule has 0 amide bonds. The Balaban J connectivity index is 2.08. The minimum Gasteiger partial charge on any atom is -0.493 e. The number of sulfonamides is 1. The maximum Gasteiger partial charge on any atom is 0.264 e. The van der Waals surface area contributed by atoms with Crippen LogP contribution in [-0.4, -0.2) is 22.6 Å². The molecule has 0 fully saturated rings. The quantitative estimate of drug-likeness (QED) is 0.751. The number of hydrogen-bond acceptors (Lipinski definition) is 4. The molecule has 0 unspecified atom stereocenters. The topological polar surface area (TPSA) is 64.6 Å². The maximum atomic E-state index is 14.3. The minimum absolute atomic E-state index is 0.115. The molecule has 3 aromatic rings. The second kappa shape index (κ2) is 6.60. The highest BCUT2D eigenvalue weighted by atomic mass is 32.2. The first-order chi connectivity index (χ1) is 12.0. The van der Waals surface area contributed by atoms with Crippen LogP contribution < -0.4 is 14.2 Å². The van der Waals surface area contributed by atoms with Crippen LogP contribution in [0.3, 0.4) is 0 Å². The van der Waals surface area contributed by atoms with Crippen LogP contribution in [0.15, 0.2) is 59.5 Å². The van der Waals surface area contributed by atoms with Gasteiger partial charge in [-0.1, -0.05) is 36.4 Å². The SMILES string of the molecule is COc1cc(F)c(S(=O)(=O)Nc2cccc3ccccc23)cc1OC. The van der Waals surface area contributed by atoms with E-state index in [0.717, 1.165) is 22.9 Å². The van der Waals surface area contributed by atoms with Gasteiger partial charge in [0.05, 0.1) is 19.9 Å². The Morgan fingerprint density at radius 1 is 0.920 bits per heavy atom.